The molecule has 0 saturated carbocycles. The fourth-order valence-electron chi connectivity index (χ4n) is 1.44. The SMILES string of the molecule is CCC(/C=C1\CCCO1)CC. The van der Waals surface area contributed by atoms with Crippen molar-refractivity contribution >= 4 is 0 Å². The standard InChI is InChI=1S/C10H18O/c1-3-9(4-2)8-10-6-5-7-11-10/h8-9H,3-7H2,1-2H3/b10-8+. The number of ether oxygens (including phenoxy) is 1. The lowest BCUT2D eigenvalue weighted by Crippen LogP contribution is -1.93. The zero-order valence-electron chi connectivity index (χ0n) is 7.60. The highest BCUT2D eigenvalue weighted by molar-refractivity contribution is 4.99. The summed E-state index contributed by atoms with van der Waals surface area (Å²) in [5.74, 6) is 1.97. The van der Waals surface area contributed by atoms with Crippen LogP contribution < -0.4 is 0 Å². The molecule has 0 unspecified atom stereocenters. The van der Waals surface area contributed by atoms with Crippen molar-refractivity contribution in [2.75, 3.05) is 6.61 Å². The Morgan fingerprint density at radius 3 is 2.64 bits per heavy atom. The van der Waals surface area contributed by atoms with Gasteiger partial charge in [-0.2, -0.15) is 0 Å². The zero-order chi connectivity index (χ0) is 8.10. The van der Waals surface area contributed by atoms with Crippen LogP contribution >= 0.6 is 0 Å². The summed E-state index contributed by atoms with van der Waals surface area (Å²) in [4.78, 5) is 0. The van der Waals surface area contributed by atoms with Gasteiger partial charge in [0.25, 0.3) is 0 Å². The third-order valence-corrected chi connectivity index (χ3v) is 2.33. The lowest BCUT2D eigenvalue weighted by Gasteiger charge is -2.07. The molecule has 11 heavy (non-hydrogen) atoms. The molecule has 0 atom stereocenters. The first-order valence-corrected chi connectivity index (χ1v) is 4.70. The van der Waals surface area contributed by atoms with Gasteiger partial charge in [-0.05, 0) is 31.3 Å². The Balaban J connectivity index is 2.40. The van der Waals surface area contributed by atoms with Gasteiger partial charge in [-0.25, -0.2) is 0 Å². The second-order valence-electron chi connectivity index (χ2n) is 3.16. The van der Waals surface area contributed by atoms with E-state index in [1.165, 1.54) is 25.0 Å². The predicted octanol–water partition coefficient (Wildman–Crippen LogP) is 3.12. The summed E-state index contributed by atoms with van der Waals surface area (Å²) in [7, 11) is 0. The van der Waals surface area contributed by atoms with Crippen LogP contribution in [0.4, 0.5) is 0 Å². The fraction of sp³-hybridized carbons (Fsp3) is 0.800. The van der Waals surface area contributed by atoms with Crippen LogP contribution in [0.1, 0.15) is 39.5 Å². The summed E-state index contributed by atoms with van der Waals surface area (Å²) in [6.07, 6.45) is 7.17. The average Bonchev–Trinajstić information content (AvgIpc) is 2.52. The largest absolute Gasteiger partial charge is 0.498 e. The first-order valence-electron chi connectivity index (χ1n) is 4.70. The highest BCUT2D eigenvalue weighted by atomic mass is 16.5. The minimum atomic E-state index is 0.739. The van der Waals surface area contributed by atoms with Crippen molar-refractivity contribution in [2.24, 2.45) is 5.92 Å². The maximum atomic E-state index is 5.45. The van der Waals surface area contributed by atoms with Gasteiger partial charge < -0.3 is 4.74 Å². The molecule has 0 spiro atoms. The van der Waals surface area contributed by atoms with Gasteiger partial charge in [0.05, 0.1) is 12.4 Å². The van der Waals surface area contributed by atoms with Crippen molar-refractivity contribution in [1.29, 1.82) is 0 Å². The zero-order valence-corrected chi connectivity index (χ0v) is 7.60. The minimum Gasteiger partial charge on any atom is -0.498 e. The van der Waals surface area contributed by atoms with Crippen LogP contribution in [0.25, 0.3) is 0 Å². The van der Waals surface area contributed by atoms with Crippen LogP contribution in [-0.2, 0) is 4.74 Å². The second kappa shape index (κ2) is 4.42. The molecule has 64 valence electrons. The van der Waals surface area contributed by atoms with E-state index < -0.39 is 0 Å². The summed E-state index contributed by atoms with van der Waals surface area (Å²) in [5, 5.41) is 0. The molecule has 0 aliphatic carbocycles. The number of rotatable bonds is 3. The van der Waals surface area contributed by atoms with Crippen molar-refractivity contribution in [3.8, 4) is 0 Å². The molecular formula is C10H18O. The molecule has 1 heteroatoms. The van der Waals surface area contributed by atoms with Crippen molar-refractivity contribution in [3.63, 3.8) is 0 Å². The molecule has 0 bridgehead atoms. The molecule has 1 nitrogen and oxygen atoms in total. The van der Waals surface area contributed by atoms with Crippen molar-refractivity contribution in [2.45, 2.75) is 39.5 Å². The van der Waals surface area contributed by atoms with Gasteiger partial charge in [0, 0.05) is 6.42 Å². The fourth-order valence-corrected chi connectivity index (χ4v) is 1.44. The summed E-state index contributed by atoms with van der Waals surface area (Å²) in [6, 6.07) is 0. The Labute approximate surface area is 69.4 Å². The Morgan fingerprint density at radius 1 is 1.45 bits per heavy atom. The molecule has 0 aromatic carbocycles. The van der Waals surface area contributed by atoms with E-state index in [1.807, 2.05) is 0 Å². The van der Waals surface area contributed by atoms with E-state index >= 15 is 0 Å². The molecule has 0 radical (unpaired) electrons. The molecular weight excluding hydrogens is 136 g/mol. The van der Waals surface area contributed by atoms with Gasteiger partial charge in [-0.1, -0.05) is 13.8 Å². The summed E-state index contributed by atoms with van der Waals surface area (Å²) in [5.41, 5.74) is 0. The Morgan fingerprint density at radius 2 is 2.18 bits per heavy atom. The predicted molar refractivity (Wildman–Crippen MR) is 47.3 cm³/mol. The Kier molecular flexibility index (Phi) is 3.47. The minimum absolute atomic E-state index is 0.739. The monoisotopic (exact) mass is 154 g/mol. The maximum absolute atomic E-state index is 5.45. The molecule has 0 amide bonds. The third-order valence-electron chi connectivity index (χ3n) is 2.33. The lowest BCUT2D eigenvalue weighted by atomic mass is 10.0. The Bertz CT molecular complexity index is 126. The highest BCUT2D eigenvalue weighted by Crippen LogP contribution is 2.20. The van der Waals surface area contributed by atoms with Crippen molar-refractivity contribution in [3.05, 3.63) is 11.8 Å². The number of hydrogen-bond donors (Lipinski definition) is 0. The topological polar surface area (TPSA) is 9.23 Å². The molecule has 1 rings (SSSR count). The number of hydrogen-bond acceptors (Lipinski definition) is 1. The molecule has 1 heterocycles. The van der Waals surface area contributed by atoms with Gasteiger partial charge >= 0.3 is 0 Å². The van der Waals surface area contributed by atoms with Crippen LogP contribution in [-0.4, -0.2) is 6.61 Å². The van der Waals surface area contributed by atoms with E-state index in [4.69, 9.17) is 4.74 Å². The lowest BCUT2D eigenvalue weighted by molar-refractivity contribution is 0.259. The van der Waals surface area contributed by atoms with E-state index in [1.54, 1.807) is 0 Å². The van der Waals surface area contributed by atoms with Crippen LogP contribution in [0.3, 0.4) is 0 Å². The molecule has 0 aromatic heterocycles. The maximum Gasteiger partial charge on any atom is 0.0924 e. The normalized spacial score (nSPS) is 21.2. The van der Waals surface area contributed by atoms with E-state index in [9.17, 15) is 0 Å². The number of allylic oxidation sites excluding steroid dienone is 2. The molecule has 1 aliphatic rings. The first kappa shape index (κ1) is 8.63. The van der Waals surface area contributed by atoms with E-state index in [-0.39, 0.29) is 0 Å². The average molecular weight is 154 g/mol. The van der Waals surface area contributed by atoms with Gasteiger partial charge in [0.1, 0.15) is 0 Å². The quantitative estimate of drug-likeness (QED) is 0.607. The van der Waals surface area contributed by atoms with Crippen molar-refractivity contribution in [1.82, 2.24) is 0 Å². The molecule has 1 fully saturated rings. The van der Waals surface area contributed by atoms with E-state index in [2.05, 4.69) is 19.9 Å². The van der Waals surface area contributed by atoms with Gasteiger partial charge in [0.2, 0.25) is 0 Å². The van der Waals surface area contributed by atoms with Gasteiger partial charge in [-0.15, -0.1) is 0 Å². The Hall–Kier alpha value is -0.460. The molecule has 0 aromatic rings. The van der Waals surface area contributed by atoms with Crippen molar-refractivity contribution < 1.29 is 4.74 Å². The summed E-state index contributed by atoms with van der Waals surface area (Å²) in [6.45, 7) is 5.41. The third kappa shape index (κ3) is 2.57. The molecule has 1 aliphatic heterocycles. The summed E-state index contributed by atoms with van der Waals surface area (Å²) >= 11 is 0. The first-order chi connectivity index (χ1) is 5.36. The second-order valence-corrected chi connectivity index (χ2v) is 3.16. The van der Waals surface area contributed by atoms with E-state index in [0.29, 0.717) is 0 Å². The highest BCUT2D eigenvalue weighted by Gasteiger charge is 2.09. The smallest absolute Gasteiger partial charge is 0.0924 e. The van der Waals surface area contributed by atoms with Gasteiger partial charge in [-0.3, -0.25) is 0 Å². The summed E-state index contributed by atoms with van der Waals surface area (Å²) < 4.78 is 5.45. The van der Waals surface area contributed by atoms with Crippen LogP contribution in [0, 0.1) is 5.92 Å². The van der Waals surface area contributed by atoms with Gasteiger partial charge in [0.15, 0.2) is 0 Å². The molecule has 1 saturated heterocycles. The van der Waals surface area contributed by atoms with E-state index in [0.717, 1.165) is 18.9 Å². The van der Waals surface area contributed by atoms with Crippen LogP contribution in [0.15, 0.2) is 11.8 Å². The van der Waals surface area contributed by atoms with Crippen LogP contribution in [0.2, 0.25) is 0 Å². The molecule has 0 N–H and O–H groups in total. The van der Waals surface area contributed by atoms with Crippen LogP contribution in [0.5, 0.6) is 0 Å².